The summed E-state index contributed by atoms with van der Waals surface area (Å²) >= 11 is 0. The molecule has 1 unspecified atom stereocenters. The molecule has 2 aliphatic rings. The third-order valence-corrected chi connectivity index (χ3v) is 4.08. The molecular formula is C16H18N2O4. The van der Waals surface area contributed by atoms with Gasteiger partial charge in [0, 0.05) is 0 Å². The third kappa shape index (κ3) is 2.39. The molecule has 1 aromatic rings. The Labute approximate surface area is 128 Å². The predicted molar refractivity (Wildman–Crippen MR) is 77.9 cm³/mol. The number of amides is 2. The van der Waals surface area contributed by atoms with Gasteiger partial charge in [-0.2, -0.15) is 0 Å². The maximum Gasteiger partial charge on any atom is 0.350 e. The van der Waals surface area contributed by atoms with E-state index in [-0.39, 0.29) is 17.2 Å². The molecule has 0 radical (unpaired) electrons. The van der Waals surface area contributed by atoms with Crippen molar-refractivity contribution in [2.24, 2.45) is 0 Å². The molecule has 0 aliphatic carbocycles. The number of carbonyl (C=O) groups is 3. The van der Waals surface area contributed by atoms with Crippen LogP contribution in [0.5, 0.6) is 0 Å². The van der Waals surface area contributed by atoms with Crippen molar-refractivity contribution in [3.63, 3.8) is 0 Å². The van der Waals surface area contributed by atoms with Crippen molar-refractivity contribution in [1.29, 1.82) is 0 Å². The maximum atomic E-state index is 12.3. The fourth-order valence-electron chi connectivity index (χ4n) is 3.05. The number of likely N-dealkylation sites (tertiary alicyclic amines) is 1. The van der Waals surface area contributed by atoms with Crippen LogP contribution >= 0.6 is 0 Å². The average molecular weight is 302 g/mol. The molecule has 1 fully saturated rings. The van der Waals surface area contributed by atoms with Gasteiger partial charge in [-0.25, -0.2) is 4.79 Å². The number of imide groups is 1. The van der Waals surface area contributed by atoms with Crippen molar-refractivity contribution in [1.82, 2.24) is 9.96 Å². The molecular weight excluding hydrogens is 284 g/mol. The number of fused-ring (bicyclic) bond motifs is 1. The van der Waals surface area contributed by atoms with E-state index >= 15 is 0 Å². The van der Waals surface area contributed by atoms with Gasteiger partial charge in [0.1, 0.15) is 6.04 Å². The maximum absolute atomic E-state index is 12.3. The molecule has 2 aliphatic heterocycles. The topological polar surface area (TPSA) is 66.9 Å². The highest BCUT2D eigenvalue weighted by atomic mass is 16.7. The molecule has 0 bridgehead atoms. The molecule has 3 rings (SSSR count). The molecule has 0 N–H and O–H groups in total. The molecule has 0 saturated carbocycles. The standard InChI is InChI=1S/C16H18N2O4/c1-2-9-17-10-5-8-13(17)16(21)22-18-14(19)11-6-3-4-7-12(11)15(18)20/h3-4,6-7,13H,2,5,8-10H2,1H3. The van der Waals surface area contributed by atoms with Gasteiger partial charge in [0.2, 0.25) is 0 Å². The summed E-state index contributed by atoms with van der Waals surface area (Å²) in [5.41, 5.74) is 0.550. The van der Waals surface area contributed by atoms with Crippen molar-refractivity contribution < 1.29 is 19.2 Å². The Morgan fingerprint density at radius 3 is 2.45 bits per heavy atom. The molecule has 2 amide bonds. The molecule has 1 atom stereocenters. The monoisotopic (exact) mass is 302 g/mol. The predicted octanol–water partition coefficient (Wildman–Crippen LogP) is 1.62. The summed E-state index contributed by atoms with van der Waals surface area (Å²) in [4.78, 5) is 43.9. The quantitative estimate of drug-likeness (QED) is 0.791. The first kappa shape index (κ1) is 14.7. The Morgan fingerprint density at radius 1 is 1.23 bits per heavy atom. The van der Waals surface area contributed by atoms with Crippen molar-refractivity contribution in [2.75, 3.05) is 13.1 Å². The highest BCUT2D eigenvalue weighted by Gasteiger charge is 2.41. The number of carbonyl (C=O) groups excluding carboxylic acids is 3. The van der Waals surface area contributed by atoms with E-state index in [9.17, 15) is 14.4 Å². The van der Waals surface area contributed by atoms with Crippen LogP contribution < -0.4 is 0 Å². The van der Waals surface area contributed by atoms with Gasteiger partial charge in [0.15, 0.2) is 0 Å². The van der Waals surface area contributed by atoms with Gasteiger partial charge in [-0.1, -0.05) is 24.1 Å². The van der Waals surface area contributed by atoms with Gasteiger partial charge >= 0.3 is 5.97 Å². The van der Waals surface area contributed by atoms with Crippen molar-refractivity contribution in [3.05, 3.63) is 35.4 Å². The van der Waals surface area contributed by atoms with Crippen LogP contribution in [0.25, 0.3) is 0 Å². The van der Waals surface area contributed by atoms with E-state index in [0.29, 0.717) is 11.5 Å². The zero-order valence-corrected chi connectivity index (χ0v) is 12.4. The lowest BCUT2D eigenvalue weighted by molar-refractivity contribution is -0.174. The number of hydroxylamine groups is 2. The van der Waals surface area contributed by atoms with Crippen LogP contribution in [0.4, 0.5) is 0 Å². The van der Waals surface area contributed by atoms with Crippen LogP contribution in [0.1, 0.15) is 46.9 Å². The van der Waals surface area contributed by atoms with Crippen molar-refractivity contribution in [3.8, 4) is 0 Å². The lowest BCUT2D eigenvalue weighted by Crippen LogP contribution is -2.42. The van der Waals surface area contributed by atoms with Crippen LogP contribution in [0.15, 0.2) is 24.3 Å². The number of benzene rings is 1. The van der Waals surface area contributed by atoms with Crippen molar-refractivity contribution >= 4 is 17.8 Å². The minimum absolute atomic E-state index is 0.275. The highest BCUT2D eigenvalue weighted by molar-refractivity contribution is 6.20. The van der Waals surface area contributed by atoms with E-state index in [0.717, 1.165) is 25.9 Å². The van der Waals surface area contributed by atoms with E-state index < -0.39 is 17.8 Å². The molecule has 1 aromatic carbocycles. The minimum atomic E-state index is -0.575. The first-order chi connectivity index (χ1) is 10.6. The third-order valence-electron chi connectivity index (χ3n) is 4.08. The molecule has 116 valence electrons. The van der Waals surface area contributed by atoms with E-state index in [1.807, 2.05) is 11.8 Å². The Kier molecular flexibility index (Phi) is 3.94. The second-order valence-corrected chi connectivity index (χ2v) is 5.55. The minimum Gasteiger partial charge on any atom is -0.328 e. The van der Waals surface area contributed by atoms with E-state index in [2.05, 4.69) is 0 Å². The van der Waals surface area contributed by atoms with E-state index in [4.69, 9.17) is 4.84 Å². The number of nitrogens with zero attached hydrogens (tertiary/aromatic N) is 2. The smallest absolute Gasteiger partial charge is 0.328 e. The highest BCUT2D eigenvalue weighted by Crippen LogP contribution is 2.25. The van der Waals surface area contributed by atoms with Gasteiger partial charge in [0.05, 0.1) is 11.1 Å². The first-order valence-electron chi connectivity index (χ1n) is 7.57. The summed E-state index contributed by atoms with van der Waals surface area (Å²) in [6, 6.07) is 6.10. The van der Waals surface area contributed by atoms with E-state index in [1.165, 1.54) is 0 Å². The Morgan fingerprint density at radius 2 is 1.86 bits per heavy atom. The fraction of sp³-hybridized carbons (Fsp3) is 0.438. The normalized spacial score (nSPS) is 21.3. The number of hydrogen-bond acceptors (Lipinski definition) is 5. The van der Waals surface area contributed by atoms with Gasteiger partial charge in [0.25, 0.3) is 11.8 Å². The fourth-order valence-corrected chi connectivity index (χ4v) is 3.05. The van der Waals surface area contributed by atoms with Gasteiger partial charge in [-0.3, -0.25) is 14.5 Å². The molecule has 1 saturated heterocycles. The zero-order valence-electron chi connectivity index (χ0n) is 12.4. The number of rotatable bonds is 4. The summed E-state index contributed by atoms with van der Waals surface area (Å²) in [7, 11) is 0. The van der Waals surface area contributed by atoms with Gasteiger partial charge in [-0.05, 0) is 44.5 Å². The SMILES string of the molecule is CCCN1CCCC1C(=O)ON1C(=O)c2ccccc2C1=O. The summed E-state index contributed by atoms with van der Waals surface area (Å²) in [6.45, 7) is 3.70. The largest absolute Gasteiger partial charge is 0.350 e. The molecule has 2 heterocycles. The van der Waals surface area contributed by atoms with Crippen LogP contribution in [0.3, 0.4) is 0 Å². The first-order valence-corrected chi connectivity index (χ1v) is 7.57. The lowest BCUT2D eigenvalue weighted by atomic mass is 10.1. The van der Waals surface area contributed by atoms with Gasteiger partial charge < -0.3 is 4.84 Å². The number of hydrogen-bond donors (Lipinski definition) is 0. The van der Waals surface area contributed by atoms with Crippen LogP contribution in [-0.2, 0) is 9.63 Å². The average Bonchev–Trinajstić information content (AvgIpc) is 3.07. The second kappa shape index (κ2) is 5.88. The van der Waals surface area contributed by atoms with Crippen molar-refractivity contribution in [2.45, 2.75) is 32.2 Å². The molecule has 0 spiro atoms. The van der Waals surface area contributed by atoms with Crippen LogP contribution in [0, 0.1) is 0 Å². The van der Waals surface area contributed by atoms with Gasteiger partial charge in [-0.15, -0.1) is 0 Å². The summed E-state index contributed by atoms with van der Waals surface area (Å²) < 4.78 is 0. The molecule has 6 nitrogen and oxygen atoms in total. The Bertz CT molecular complexity index is 593. The van der Waals surface area contributed by atoms with Crippen LogP contribution in [0.2, 0.25) is 0 Å². The molecule has 0 aromatic heterocycles. The summed E-state index contributed by atoms with van der Waals surface area (Å²) in [6.07, 6.45) is 2.56. The Hall–Kier alpha value is -2.21. The molecule has 22 heavy (non-hydrogen) atoms. The summed E-state index contributed by atoms with van der Waals surface area (Å²) in [5, 5.41) is 0.593. The summed E-state index contributed by atoms with van der Waals surface area (Å²) in [5.74, 6) is -1.68. The lowest BCUT2D eigenvalue weighted by Gasteiger charge is -2.23. The second-order valence-electron chi connectivity index (χ2n) is 5.55. The Balaban J connectivity index is 1.73. The van der Waals surface area contributed by atoms with E-state index in [1.54, 1.807) is 24.3 Å². The zero-order chi connectivity index (χ0) is 15.7. The molecule has 6 heteroatoms. The van der Waals surface area contributed by atoms with Crippen LogP contribution in [-0.4, -0.2) is 46.9 Å².